The second kappa shape index (κ2) is 13.1. The van der Waals surface area contributed by atoms with E-state index in [0.717, 1.165) is 12.8 Å². The van der Waals surface area contributed by atoms with Crippen LogP contribution in [0.5, 0.6) is 11.5 Å². The molecule has 1 aliphatic heterocycles. The van der Waals surface area contributed by atoms with E-state index in [1.54, 1.807) is 47.8 Å². The quantitative estimate of drug-likeness (QED) is 0.388. The largest absolute Gasteiger partial charge is 0.497 e. The smallest absolute Gasteiger partial charge is 0.261 e. The molecule has 1 aliphatic rings. The van der Waals surface area contributed by atoms with Gasteiger partial charge in [-0.15, -0.1) is 11.3 Å². The number of ether oxygens (including phenoxy) is 3. The van der Waals surface area contributed by atoms with Gasteiger partial charge < -0.3 is 24.8 Å². The Labute approximate surface area is 225 Å². The molecule has 0 spiro atoms. The fraction of sp³-hybridized carbons (Fsp3) is 0.321. The summed E-state index contributed by atoms with van der Waals surface area (Å²) in [6, 6.07) is 16.4. The van der Waals surface area contributed by atoms with Crippen LogP contribution < -0.4 is 25.0 Å². The summed E-state index contributed by atoms with van der Waals surface area (Å²) in [5.74, 6) is -0.352. The first-order valence-electron chi connectivity index (χ1n) is 12.3. The molecule has 0 unspecified atom stereocenters. The highest BCUT2D eigenvalue weighted by atomic mass is 32.1. The van der Waals surface area contributed by atoms with Crippen LogP contribution in [0.2, 0.25) is 0 Å². The third kappa shape index (κ3) is 6.51. The van der Waals surface area contributed by atoms with Gasteiger partial charge in [0, 0.05) is 19.2 Å². The molecule has 38 heavy (non-hydrogen) atoms. The lowest BCUT2D eigenvalue weighted by molar-refractivity contribution is -0.126. The summed E-state index contributed by atoms with van der Waals surface area (Å²) in [7, 11) is 3.01. The lowest BCUT2D eigenvalue weighted by atomic mass is 10.0. The number of nitrogens with one attached hydrogen (secondary N) is 2. The van der Waals surface area contributed by atoms with Crippen LogP contribution in [0.1, 0.15) is 34.1 Å². The molecule has 0 saturated carbocycles. The highest BCUT2D eigenvalue weighted by molar-refractivity contribution is 7.12. The topological polar surface area (TPSA) is 106 Å². The molecule has 2 heterocycles. The fourth-order valence-corrected chi connectivity index (χ4v) is 4.95. The van der Waals surface area contributed by atoms with Gasteiger partial charge in [0.25, 0.3) is 5.91 Å². The van der Waals surface area contributed by atoms with Crippen LogP contribution in [-0.4, -0.2) is 57.7 Å². The Morgan fingerprint density at radius 2 is 1.87 bits per heavy atom. The molecular weight excluding hydrogens is 506 g/mol. The van der Waals surface area contributed by atoms with E-state index in [1.165, 1.54) is 30.5 Å². The molecule has 1 fully saturated rings. The minimum Gasteiger partial charge on any atom is -0.497 e. The molecule has 2 aromatic carbocycles. The van der Waals surface area contributed by atoms with Gasteiger partial charge in [-0.25, -0.2) is 0 Å². The molecule has 0 bridgehead atoms. The zero-order valence-electron chi connectivity index (χ0n) is 21.3. The number of thiophene rings is 1. The molecule has 3 amide bonds. The third-order valence-corrected chi connectivity index (χ3v) is 7.08. The number of amides is 3. The van der Waals surface area contributed by atoms with Crippen molar-refractivity contribution in [3.8, 4) is 11.5 Å². The Bertz CT molecular complexity index is 1230. The molecule has 2 N–H and O–H groups in total. The third-order valence-electron chi connectivity index (χ3n) is 6.21. The predicted octanol–water partition coefficient (Wildman–Crippen LogP) is 3.56. The summed E-state index contributed by atoms with van der Waals surface area (Å²) in [4.78, 5) is 42.0. The minimum absolute atomic E-state index is 0.0693. The van der Waals surface area contributed by atoms with Gasteiger partial charge in [0.1, 0.15) is 17.5 Å². The highest BCUT2D eigenvalue weighted by Gasteiger charge is 2.35. The second-order valence-electron chi connectivity index (χ2n) is 8.65. The molecule has 1 saturated heterocycles. The monoisotopic (exact) mass is 537 g/mol. The van der Waals surface area contributed by atoms with Crippen molar-refractivity contribution in [3.63, 3.8) is 0 Å². The summed E-state index contributed by atoms with van der Waals surface area (Å²) in [5.41, 5.74) is 0.970. The molecule has 200 valence electrons. The van der Waals surface area contributed by atoms with Crippen molar-refractivity contribution in [1.82, 2.24) is 10.6 Å². The molecule has 1 aromatic heterocycles. The summed E-state index contributed by atoms with van der Waals surface area (Å²) < 4.78 is 16.6. The molecule has 3 aromatic rings. The van der Waals surface area contributed by atoms with Crippen molar-refractivity contribution < 1.29 is 28.6 Å². The van der Waals surface area contributed by atoms with Crippen molar-refractivity contribution in [2.45, 2.75) is 25.0 Å². The Morgan fingerprint density at radius 1 is 1.05 bits per heavy atom. The van der Waals surface area contributed by atoms with Crippen LogP contribution in [0.3, 0.4) is 0 Å². The lowest BCUT2D eigenvalue weighted by Gasteiger charge is -2.33. The van der Waals surface area contributed by atoms with Crippen molar-refractivity contribution in [1.29, 1.82) is 0 Å². The second-order valence-corrected chi connectivity index (χ2v) is 9.60. The SMILES string of the molecule is COc1ccc(N(C(=O)CNC(=O)c2cccs2)[C@H](C(=O)NC[C@H]2CCCO2)c2ccccc2)c(OC)c1. The van der Waals surface area contributed by atoms with Crippen LogP contribution in [-0.2, 0) is 14.3 Å². The molecular formula is C28H31N3O6S. The molecule has 0 aliphatic carbocycles. The molecule has 4 rings (SSSR count). The molecule has 9 nitrogen and oxygen atoms in total. The van der Waals surface area contributed by atoms with E-state index in [2.05, 4.69) is 10.6 Å². The Hall–Kier alpha value is -3.89. The van der Waals surface area contributed by atoms with E-state index in [9.17, 15) is 14.4 Å². The summed E-state index contributed by atoms with van der Waals surface area (Å²) in [6.45, 7) is 0.674. The maximum Gasteiger partial charge on any atom is 0.261 e. The van der Waals surface area contributed by atoms with Crippen LogP contribution in [0, 0.1) is 0 Å². The van der Waals surface area contributed by atoms with Gasteiger partial charge in [-0.1, -0.05) is 36.4 Å². The van der Waals surface area contributed by atoms with Gasteiger partial charge in [0.05, 0.1) is 37.4 Å². The normalized spacial score (nSPS) is 15.4. The summed E-state index contributed by atoms with van der Waals surface area (Å²) in [6.07, 6.45) is 1.74. The average molecular weight is 538 g/mol. The maximum absolute atomic E-state index is 13.8. The highest BCUT2D eigenvalue weighted by Crippen LogP contribution is 2.37. The fourth-order valence-electron chi connectivity index (χ4n) is 4.31. The van der Waals surface area contributed by atoms with E-state index in [1.807, 2.05) is 18.2 Å². The predicted molar refractivity (Wildman–Crippen MR) is 145 cm³/mol. The lowest BCUT2D eigenvalue weighted by Crippen LogP contribution is -2.48. The van der Waals surface area contributed by atoms with Crippen molar-refractivity contribution in [2.75, 3.05) is 38.8 Å². The van der Waals surface area contributed by atoms with Gasteiger partial charge in [0.2, 0.25) is 11.8 Å². The number of carbonyl (C=O) groups is 3. The van der Waals surface area contributed by atoms with Crippen molar-refractivity contribution >= 4 is 34.7 Å². The van der Waals surface area contributed by atoms with Crippen LogP contribution in [0.15, 0.2) is 66.0 Å². The van der Waals surface area contributed by atoms with E-state index in [-0.39, 0.29) is 24.5 Å². The zero-order valence-corrected chi connectivity index (χ0v) is 22.2. The number of rotatable bonds is 11. The van der Waals surface area contributed by atoms with Crippen LogP contribution in [0.4, 0.5) is 5.69 Å². The van der Waals surface area contributed by atoms with Gasteiger partial charge in [0.15, 0.2) is 0 Å². The molecule has 2 atom stereocenters. The Morgan fingerprint density at radius 3 is 2.53 bits per heavy atom. The Kier molecular flexibility index (Phi) is 9.34. The number of anilines is 1. The van der Waals surface area contributed by atoms with E-state index in [0.29, 0.717) is 40.8 Å². The first kappa shape index (κ1) is 27.2. The maximum atomic E-state index is 13.8. The summed E-state index contributed by atoms with van der Waals surface area (Å²) >= 11 is 1.28. The number of benzene rings is 2. The standard InChI is InChI=1S/C28H31N3O6S/c1-35-20-12-13-22(23(16-20)36-2)31(25(32)18-30-27(33)24-11-7-15-38-24)26(19-8-4-3-5-9-19)28(34)29-17-21-10-6-14-37-21/h3-5,7-9,11-13,15-16,21,26H,6,10,14,17-18H2,1-2H3,(H,29,34)(H,30,33)/t21-,26+/m1/s1. The number of methoxy groups -OCH3 is 2. The van der Waals surface area contributed by atoms with E-state index >= 15 is 0 Å². The van der Waals surface area contributed by atoms with Crippen molar-refractivity contribution in [2.24, 2.45) is 0 Å². The van der Waals surface area contributed by atoms with Crippen LogP contribution >= 0.6 is 11.3 Å². The van der Waals surface area contributed by atoms with Gasteiger partial charge in [-0.2, -0.15) is 0 Å². The van der Waals surface area contributed by atoms with E-state index < -0.39 is 11.9 Å². The number of hydrogen-bond donors (Lipinski definition) is 2. The summed E-state index contributed by atoms with van der Waals surface area (Å²) in [5, 5.41) is 7.43. The average Bonchev–Trinajstić information content (AvgIpc) is 3.68. The molecule has 0 radical (unpaired) electrons. The van der Waals surface area contributed by atoms with Gasteiger partial charge in [-0.3, -0.25) is 19.3 Å². The molecule has 10 heteroatoms. The number of hydrogen-bond acceptors (Lipinski definition) is 7. The first-order chi connectivity index (χ1) is 18.5. The first-order valence-corrected chi connectivity index (χ1v) is 13.2. The van der Waals surface area contributed by atoms with Crippen molar-refractivity contribution in [3.05, 3.63) is 76.5 Å². The van der Waals surface area contributed by atoms with E-state index in [4.69, 9.17) is 14.2 Å². The number of carbonyl (C=O) groups excluding carboxylic acids is 3. The van der Waals surface area contributed by atoms with Gasteiger partial charge >= 0.3 is 0 Å². The minimum atomic E-state index is -1.04. The van der Waals surface area contributed by atoms with Crippen LogP contribution in [0.25, 0.3) is 0 Å². The number of nitrogens with zero attached hydrogens (tertiary/aromatic N) is 1. The van der Waals surface area contributed by atoms with Gasteiger partial charge in [-0.05, 0) is 42.0 Å². The zero-order chi connectivity index (χ0) is 26.9. The Balaban J connectivity index is 1.70.